The first-order valence-electron chi connectivity index (χ1n) is 5.29. The molecule has 102 valence electrons. The third kappa shape index (κ3) is 3.06. The van der Waals surface area contributed by atoms with Crippen LogP contribution in [-0.2, 0) is 4.74 Å². The van der Waals surface area contributed by atoms with Crippen LogP contribution < -0.4 is 0 Å². The number of rotatable bonds is 4. The lowest BCUT2D eigenvalue weighted by Crippen LogP contribution is -2.06. The largest absolute Gasteiger partial charge is 0.464 e. The Kier molecular flexibility index (Phi) is 4.20. The van der Waals surface area contributed by atoms with Crippen LogP contribution in [0.2, 0.25) is 0 Å². The van der Waals surface area contributed by atoms with Crippen molar-refractivity contribution in [2.24, 2.45) is 0 Å². The van der Waals surface area contributed by atoms with Crippen molar-refractivity contribution in [2.75, 3.05) is 7.11 Å². The van der Waals surface area contributed by atoms with E-state index in [0.29, 0.717) is 5.03 Å². The predicted molar refractivity (Wildman–Crippen MR) is 68.4 cm³/mol. The number of ether oxygens (including phenoxy) is 1. The van der Waals surface area contributed by atoms with Crippen molar-refractivity contribution < 1.29 is 14.5 Å². The Morgan fingerprint density at radius 3 is 2.80 bits per heavy atom. The lowest BCUT2D eigenvalue weighted by atomic mass is 10.3. The van der Waals surface area contributed by atoms with Gasteiger partial charge in [-0.2, -0.15) is 0 Å². The Bertz CT molecular complexity index is 650. The second-order valence-electron chi connectivity index (χ2n) is 3.42. The van der Waals surface area contributed by atoms with Gasteiger partial charge < -0.3 is 4.74 Å². The van der Waals surface area contributed by atoms with Gasteiger partial charge in [0.1, 0.15) is 10.7 Å². The second-order valence-corrected chi connectivity index (χ2v) is 4.42. The molecule has 9 heteroatoms. The molecule has 0 aromatic carbocycles. The van der Waals surface area contributed by atoms with Gasteiger partial charge in [-0.3, -0.25) is 15.1 Å². The van der Waals surface area contributed by atoms with Crippen molar-refractivity contribution in [2.45, 2.75) is 10.1 Å². The molecule has 0 spiro atoms. The summed E-state index contributed by atoms with van der Waals surface area (Å²) in [4.78, 5) is 33.6. The van der Waals surface area contributed by atoms with Gasteiger partial charge in [-0.05, 0) is 17.8 Å². The molecule has 0 bridgehead atoms. The number of hydrogen-bond donors (Lipinski definition) is 0. The topological polar surface area (TPSA) is 108 Å². The Hall–Kier alpha value is -2.55. The van der Waals surface area contributed by atoms with Crippen molar-refractivity contribution in [3.05, 3.63) is 46.5 Å². The van der Waals surface area contributed by atoms with E-state index in [-0.39, 0.29) is 16.4 Å². The van der Waals surface area contributed by atoms with Gasteiger partial charge in [0.2, 0.25) is 0 Å². The maximum Gasteiger partial charge on any atom is 0.356 e. The van der Waals surface area contributed by atoms with Crippen LogP contribution in [0.1, 0.15) is 10.5 Å². The number of pyridine rings is 1. The summed E-state index contributed by atoms with van der Waals surface area (Å²) in [6.07, 6.45) is 4.38. The number of hydrogen-bond acceptors (Lipinski definition) is 8. The van der Waals surface area contributed by atoms with Crippen molar-refractivity contribution in [3.8, 4) is 0 Å². The molecule has 0 aliphatic rings. The zero-order chi connectivity index (χ0) is 14.5. The third-order valence-corrected chi connectivity index (χ3v) is 3.09. The summed E-state index contributed by atoms with van der Waals surface area (Å²) in [7, 11) is 1.21. The van der Waals surface area contributed by atoms with Crippen molar-refractivity contribution in [1.29, 1.82) is 0 Å². The van der Waals surface area contributed by atoms with E-state index in [4.69, 9.17) is 0 Å². The van der Waals surface area contributed by atoms with Crippen molar-refractivity contribution >= 4 is 23.4 Å². The monoisotopic (exact) mass is 292 g/mol. The van der Waals surface area contributed by atoms with Crippen molar-refractivity contribution in [1.82, 2.24) is 15.0 Å². The van der Waals surface area contributed by atoms with Crippen LogP contribution in [0, 0.1) is 10.1 Å². The first kappa shape index (κ1) is 13.9. The van der Waals surface area contributed by atoms with E-state index in [2.05, 4.69) is 19.7 Å². The van der Waals surface area contributed by atoms with Gasteiger partial charge in [-0.15, -0.1) is 0 Å². The maximum atomic E-state index is 11.4. The van der Waals surface area contributed by atoms with Gasteiger partial charge in [0.15, 0.2) is 5.03 Å². The van der Waals surface area contributed by atoms with Gasteiger partial charge in [-0.1, -0.05) is 0 Å². The minimum absolute atomic E-state index is 0.00973. The lowest BCUT2D eigenvalue weighted by Gasteiger charge is -2.03. The normalized spacial score (nSPS) is 10.1. The first-order chi connectivity index (χ1) is 9.61. The first-order valence-corrected chi connectivity index (χ1v) is 6.11. The average molecular weight is 292 g/mol. The Morgan fingerprint density at radius 1 is 1.40 bits per heavy atom. The second kappa shape index (κ2) is 6.06. The highest BCUT2D eigenvalue weighted by molar-refractivity contribution is 7.99. The summed E-state index contributed by atoms with van der Waals surface area (Å²) < 4.78 is 4.53. The van der Waals surface area contributed by atoms with E-state index in [9.17, 15) is 14.9 Å². The summed E-state index contributed by atoms with van der Waals surface area (Å²) in [6, 6.07) is 2.45. The van der Waals surface area contributed by atoms with E-state index < -0.39 is 10.9 Å². The number of aromatic nitrogens is 3. The SMILES string of the molecule is COC(=O)c1ccc([N+](=O)[O-])c(Sc2cnccn2)n1. The maximum absolute atomic E-state index is 11.4. The van der Waals surface area contributed by atoms with E-state index in [1.165, 1.54) is 37.8 Å². The molecule has 0 saturated carbocycles. The Balaban J connectivity index is 2.42. The van der Waals surface area contributed by atoms with Crippen LogP contribution in [0.25, 0.3) is 0 Å². The fourth-order valence-electron chi connectivity index (χ4n) is 1.30. The molecule has 0 saturated heterocycles. The fourth-order valence-corrected chi connectivity index (χ4v) is 2.12. The van der Waals surface area contributed by atoms with E-state index in [1.807, 2.05) is 0 Å². The van der Waals surface area contributed by atoms with Crippen LogP contribution in [0.5, 0.6) is 0 Å². The van der Waals surface area contributed by atoms with Gasteiger partial charge >= 0.3 is 11.7 Å². The van der Waals surface area contributed by atoms with Crippen LogP contribution in [0.3, 0.4) is 0 Å². The Morgan fingerprint density at radius 2 is 2.20 bits per heavy atom. The number of esters is 1. The van der Waals surface area contributed by atoms with Crippen LogP contribution in [0.4, 0.5) is 5.69 Å². The molecule has 0 N–H and O–H groups in total. The number of methoxy groups -OCH3 is 1. The number of carbonyl (C=O) groups is 1. The molecule has 0 amide bonds. The molecule has 0 unspecified atom stereocenters. The molecule has 0 fully saturated rings. The lowest BCUT2D eigenvalue weighted by molar-refractivity contribution is -0.388. The van der Waals surface area contributed by atoms with Gasteiger partial charge in [-0.25, -0.2) is 14.8 Å². The molecule has 0 atom stereocenters. The summed E-state index contributed by atoms with van der Waals surface area (Å²) in [5.74, 6) is -0.666. The number of nitrogens with zero attached hydrogens (tertiary/aromatic N) is 4. The fraction of sp³-hybridized carbons (Fsp3) is 0.0909. The van der Waals surface area contributed by atoms with Gasteiger partial charge in [0, 0.05) is 18.5 Å². The molecule has 0 aliphatic heterocycles. The molecule has 2 aromatic rings. The van der Waals surface area contributed by atoms with E-state index >= 15 is 0 Å². The molecule has 0 radical (unpaired) electrons. The summed E-state index contributed by atoms with van der Waals surface area (Å²) in [6.45, 7) is 0. The Labute approximate surface area is 117 Å². The molecular formula is C11H8N4O4S. The van der Waals surface area contributed by atoms with Crippen LogP contribution in [0.15, 0.2) is 40.8 Å². The van der Waals surface area contributed by atoms with Gasteiger partial charge in [0.25, 0.3) is 0 Å². The van der Waals surface area contributed by atoms with E-state index in [1.54, 1.807) is 0 Å². The molecule has 2 rings (SSSR count). The molecule has 20 heavy (non-hydrogen) atoms. The smallest absolute Gasteiger partial charge is 0.356 e. The number of carbonyl (C=O) groups excluding carboxylic acids is 1. The summed E-state index contributed by atoms with van der Waals surface area (Å²) in [5, 5.41) is 11.5. The van der Waals surface area contributed by atoms with E-state index in [0.717, 1.165) is 11.8 Å². The zero-order valence-electron chi connectivity index (χ0n) is 10.2. The number of nitro groups is 1. The third-order valence-electron chi connectivity index (χ3n) is 2.17. The highest BCUT2D eigenvalue weighted by Crippen LogP contribution is 2.31. The van der Waals surface area contributed by atoms with Crippen LogP contribution >= 0.6 is 11.8 Å². The van der Waals surface area contributed by atoms with Crippen molar-refractivity contribution in [3.63, 3.8) is 0 Å². The zero-order valence-corrected chi connectivity index (χ0v) is 11.0. The minimum Gasteiger partial charge on any atom is -0.464 e. The summed E-state index contributed by atoms with van der Waals surface area (Å²) >= 11 is 0.950. The predicted octanol–water partition coefficient (Wildman–Crippen LogP) is 1.72. The minimum atomic E-state index is -0.666. The highest BCUT2D eigenvalue weighted by atomic mass is 32.2. The molecule has 2 aromatic heterocycles. The summed E-state index contributed by atoms with van der Waals surface area (Å²) in [5.41, 5.74) is -0.224. The average Bonchev–Trinajstić information content (AvgIpc) is 2.47. The highest BCUT2D eigenvalue weighted by Gasteiger charge is 2.20. The molecule has 8 nitrogen and oxygen atoms in total. The standard InChI is InChI=1S/C11H8N4O4S/c1-19-11(16)7-2-3-8(15(17)18)10(14-7)20-9-6-12-4-5-13-9/h2-6H,1H3. The quantitative estimate of drug-likeness (QED) is 0.476. The molecule has 2 heterocycles. The molecular weight excluding hydrogens is 284 g/mol. The van der Waals surface area contributed by atoms with Crippen LogP contribution in [-0.4, -0.2) is 33.0 Å². The van der Waals surface area contributed by atoms with Gasteiger partial charge in [0.05, 0.1) is 18.2 Å². The molecule has 0 aliphatic carbocycles.